The van der Waals surface area contributed by atoms with Gasteiger partial charge in [-0.2, -0.15) is 0 Å². The summed E-state index contributed by atoms with van der Waals surface area (Å²) < 4.78 is 0. The maximum absolute atomic E-state index is 8.87. The zero-order valence-electron chi connectivity index (χ0n) is 7.53. The van der Waals surface area contributed by atoms with Gasteiger partial charge in [-0.25, -0.2) is 0 Å². The van der Waals surface area contributed by atoms with Crippen LogP contribution in [0.2, 0.25) is 0 Å². The highest BCUT2D eigenvalue weighted by Crippen LogP contribution is 2.15. The molecular weight excluding hydrogens is 180 g/mol. The number of hydrogen-bond donors (Lipinski definition) is 1. The summed E-state index contributed by atoms with van der Waals surface area (Å²) >= 11 is 1.68. The number of aliphatic hydroxyl groups is 1. The van der Waals surface area contributed by atoms with Crippen LogP contribution < -0.4 is 0 Å². The maximum atomic E-state index is 8.87. The van der Waals surface area contributed by atoms with Crippen molar-refractivity contribution in [1.82, 2.24) is 0 Å². The number of rotatable bonds is 2. The molecule has 0 saturated carbocycles. The van der Waals surface area contributed by atoms with Gasteiger partial charge in [-0.15, -0.1) is 11.8 Å². The molecule has 1 N–H and O–H groups in total. The van der Waals surface area contributed by atoms with Gasteiger partial charge in [0.25, 0.3) is 0 Å². The molecule has 68 valence electrons. The normalized spacial score (nSPS) is 11.5. The number of aliphatic hydroxyl groups excluding tert-OH is 1. The third-order valence-electron chi connectivity index (χ3n) is 1.37. The summed E-state index contributed by atoms with van der Waals surface area (Å²) in [5.74, 6) is 6.33. The highest BCUT2D eigenvalue weighted by Gasteiger charge is 1.88. The van der Waals surface area contributed by atoms with Gasteiger partial charge in [0.2, 0.25) is 0 Å². The minimum Gasteiger partial charge on any atom is -0.381 e. The van der Waals surface area contributed by atoms with Gasteiger partial charge >= 0.3 is 0 Å². The minimum absolute atomic E-state index is 0.517. The summed E-state index contributed by atoms with van der Waals surface area (Å²) in [6.45, 7) is 1.67. The van der Waals surface area contributed by atoms with E-state index in [1.54, 1.807) is 18.7 Å². The van der Waals surface area contributed by atoms with Crippen LogP contribution in [0.5, 0.6) is 0 Å². The molecule has 1 nitrogen and oxygen atoms in total. The third kappa shape index (κ3) is 4.62. The number of benzene rings is 1. The molecule has 1 aromatic rings. The van der Waals surface area contributed by atoms with Crippen molar-refractivity contribution in [2.45, 2.75) is 17.9 Å². The van der Waals surface area contributed by atoms with Gasteiger partial charge in [0.15, 0.2) is 0 Å². The largest absolute Gasteiger partial charge is 0.381 e. The zero-order valence-corrected chi connectivity index (χ0v) is 8.34. The molecule has 1 unspecified atom stereocenters. The summed E-state index contributed by atoms with van der Waals surface area (Å²) in [4.78, 5) is 1.21. The summed E-state index contributed by atoms with van der Waals surface area (Å²) in [7, 11) is 0. The lowest BCUT2D eigenvalue weighted by molar-refractivity contribution is 0.253. The fourth-order valence-electron chi connectivity index (χ4n) is 0.826. The van der Waals surface area contributed by atoms with E-state index in [1.165, 1.54) is 4.90 Å². The lowest BCUT2D eigenvalue weighted by Crippen LogP contribution is -1.92. The first kappa shape index (κ1) is 10.2. The average Bonchev–Trinajstić information content (AvgIpc) is 2.14. The molecule has 0 aliphatic carbocycles. The maximum Gasteiger partial charge on any atom is 0.112 e. The van der Waals surface area contributed by atoms with E-state index in [2.05, 4.69) is 24.0 Å². The molecule has 0 aromatic heterocycles. The monoisotopic (exact) mass is 192 g/mol. The van der Waals surface area contributed by atoms with Crippen molar-refractivity contribution >= 4 is 11.8 Å². The van der Waals surface area contributed by atoms with Gasteiger partial charge in [-0.1, -0.05) is 30.0 Å². The van der Waals surface area contributed by atoms with E-state index < -0.39 is 6.10 Å². The van der Waals surface area contributed by atoms with E-state index >= 15 is 0 Å². The van der Waals surface area contributed by atoms with Gasteiger partial charge in [0.05, 0.1) is 5.75 Å². The second kappa shape index (κ2) is 5.69. The molecule has 0 spiro atoms. The molecule has 0 saturated heterocycles. The van der Waals surface area contributed by atoms with E-state index in [9.17, 15) is 0 Å². The van der Waals surface area contributed by atoms with E-state index in [1.807, 2.05) is 18.2 Å². The van der Waals surface area contributed by atoms with Crippen molar-refractivity contribution in [2.24, 2.45) is 0 Å². The Bertz CT molecular complexity index is 295. The number of hydrogen-bond acceptors (Lipinski definition) is 2. The summed E-state index contributed by atoms with van der Waals surface area (Å²) in [5.41, 5.74) is 0. The van der Waals surface area contributed by atoms with Crippen molar-refractivity contribution in [3.63, 3.8) is 0 Å². The fraction of sp³-hybridized carbons (Fsp3) is 0.273. The van der Waals surface area contributed by atoms with E-state index in [-0.39, 0.29) is 0 Å². The van der Waals surface area contributed by atoms with Crippen LogP contribution in [0.3, 0.4) is 0 Å². The summed E-state index contributed by atoms with van der Waals surface area (Å²) in [6, 6.07) is 10.1. The average molecular weight is 192 g/mol. The Balaban J connectivity index is 2.33. The molecule has 0 fully saturated rings. The molecule has 1 aromatic carbocycles. The first-order valence-electron chi connectivity index (χ1n) is 4.13. The summed E-state index contributed by atoms with van der Waals surface area (Å²) in [6.07, 6.45) is -0.517. The molecule has 1 atom stereocenters. The zero-order chi connectivity index (χ0) is 9.52. The second-order valence-corrected chi connectivity index (χ2v) is 3.65. The second-order valence-electron chi connectivity index (χ2n) is 2.60. The van der Waals surface area contributed by atoms with Gasteiger partial charge < -0.3 is 5.11 Å². The first-order chi connectivity index (χ1) is 6.29. The Hall–Kier alpha value is -0.910. The van der Waals surface area contributed by atoms with Crippen molar-refractivity contribution in [3.05, 3.63) is 30.3 Å². The van der Waals surface area contributed by atoms with Crippen LogP contribution in [-0.4, -0.2) is 17.0 Å². The van der Waals surface area contributed by atoms with E-state index in [0.29, 0.717) is 0 Å². The van der Waals surface area contributed by atoms with Crippen LogP contribution in [0.15, 0.2) is 35.2 Å². The van der Waals surface area contributed by atoms with Crippen LogP contribution in [0.25, 0.3) is 0 Å². The number of thioether (sulfide) groups is 1. The molecule has 13 heavy (non-hydrogen) atoms. The van der Waals surface area contributed by atoms with Crippen LogP contribution in [0.4, 0.5) is 0 Å². The molecule has 0 aliphatic heterocycles. The van der Waals surface area contributed by atoms with Crippen molar-refractivity contribution in [3.8, 4) is 11.8 Å². The molecule has 0 aliphatic rings. The molecule has 0 radical (unpaired) electrons. The molecule has 0 amide bonds. The van der Waals surface area contributed by atoms with Crippen LogP contribution in [-0.2, 0) is 0 Å². The molecule has 1 rings (SSSR count). The quantitative estimate of drug-likeness (QED) is 0.572. The Labute approximate surface area is 83.2 Å². The van der Waals surface area contributed by atoms with Crippen molar-refractivity contribution < 1.29 is 5.11 Å². The highest BCUT2D eigenvalue weighted by atomic mass is 32.2. The van der Waals surface area contributed by atoms with Crippen LogP contribution in [0.1, 0.15) is 6.92 Å². The smallest absolute Gasteiger partial charge is 0.112 e. The predicted octanol–water partition coefficient (Wildman–Crippen LogP) is 2.16. The summed E-state index contributed by atoms with van der Waals surface area (Å²) in [5, 5.41) is 8.87. The Morgan fingerprint density at radius 2 is 2.08 bits per heavy atom. The Kier molecular flexibility index (Phi) is 4.45. The molecular formula is C11H12OS. The van der Waals surface area contributed by atoms with Crippen LogP contribution >= 0.6 is 11.8 Å². The Morgan fingerprint density at radius 3 is 2.69 bits per heavy atom. The highest BCUT2D eigenvalue weighted by molar-refractivity contribution is 7.99. The standard InChI is InChI=1S/C11H12OS/c1-10(12)6-5-9-13-11-7-3-2-4-8-11/h2-4,7-8,10,12H,9H2,1H3. The minimum atomic E-state index is -0.517. The lowest BCUT2D eigenvalue weighted by Gasteiger charge is -1.94. The molecule has 2 heteroatoms. The SMILES string of the molecule is CC(O)C#CCSc1ccccc1. The topological polar surface area (TPSA) is 20.2 Å². The predicted molar refractivity (Wildman–Crippen MR) is 56.6 cm³/mol. The van der Waals surface area contributed by atoms with Crippen molar-refractivity contribution in [2.75, 3.05) is 5.75 Å². The van der Waals surface area contributed by atoms with Crippen LogP contribution in [0, 0.1) is 11.8 Å². The first-order valence-corrected chi connectivity index (χ1v) is 5.12. The third-order valence-corrected chi connectivity index (χ3v) is 2.26. The van der Waals surface area contributed by atoms with Crippen molar-refractivity contribution in [1.29, 1.82) is 0 Å². The fourth-order valence-corrected chi connectivity index (χ4v) is 1.50. The van der Waals surface area contributed by atoms with Gasteiger partial charge in [-0.3, -0.25) is 0 Å². The van der Waals surface area contributed by atoms with Gasteiger partial charge in [0, 0.05) is 4.90 Å². The Morgan fingerprint density at radius 1 is 1.38 bits per heavy atom. The molecule has 0 heterocycles. The molecule has 0 bridgehead atoms. The van der Waals surface area contributed by atoms with E-state index in [4.69, 9.17) is 5.11 Å². The lowest BCUT2D eigenvalue weighted by atomic mass is 10.4. The van der Waals surface area contributed by atoms with E-state index in [0.717, 1.165) is 5.75 Å². The van der Waals surface area contributed by atoms with Gasteiger partial charge in [-0.05, 0) is 19.1 Å². The van der Waals surface area contributed by atoms with Gasteiger partial charge in [0.1, 0.15) is 6.10 Å².